The zero-order valence-corrected chi connectivity index (χ0v) is 12.5. The Kier molecular flexibility index (Phi) is 4.19. The number of amides is 1. The minimum absolute atomic E-state index is 0.0581. The molecule has 3 atom stereocenters. The molecule has 1 amide bonds. The van der Waals surface area contributed by atoms with Crippen LogP contribution in [0.25, 0.3) is 0 Å². The fourth-order valence-electron chi connectivity index (χ4n) is 2.34. The van der Waals surface area contributed by atoms with E-state index in [9.17, 15) is 9.90 Å². The van der Waals surface area contributed by atoms with Crippen LogP contribution in [0.3, 0.4) is 0 Å². The first-order valence-electron chi connectivity index (χ1n) is 7.00. The van der Waals surface area contributed by atoms with Gasteiger partial charge in [-0.3, -0.25) is 4.79 Å². The quantitative estimate of drug-likeness (QED) is 0.881. The minimum Gasteiger partial charge on any atom is -0.480 e. The highest BCUT2D eigenvalue weighted by molar-refractivity contribution is 5.81. The molecule has 1 saturated carbocycles. The van der Waals surface area contributed by atoms with E-state index in [0.29, 0.717) is 17.7 Å². The second-order valence-electron chi connectivity index (χ2n) is 6.00. The summed E-state index contributed by atoms with van der Waals surface area (Å²) in [6.07, 6.45) is -0.536. The van der Waals surface area contributed by atoms with Crippen molar-refractivity contribution in [3.63, 3.8) is 0 Å². The predicted molar refractivity (Wildman–Crippen MR) is 77.6 cm³/mol. The molecule has 0 aromatic heterocycles. The van der Waals surface area contributed by atoms with Gasteiger partial charge < -0.3 is 15.2 Å². The maximum atomic E-state index is 12.1. The summed E-state index contributed by atoms with van der Waals surface area (Å²) < 4.78 is 5.57. The molecule has 5 heteroatoms. The van der Waals surface area contributed by atoms with Crippen LogP contribution in [-0.2, 0) is 4.79 Å². The molecular formula is C16H20N2O3. The van der Waals surface area contributed by atoms with Gasteiger partial charge in [0.2, 0.25) is 0 Å². The van der Waals surface area contributed by atoms with Gasteiger partial charge in [0, 0.05) is 11.5 Å². The van der Waals surface area contributed by atoms with E-state index in [1.54, 1.807) is 31.2 Å². The van der Waals surface area contributed by atoms with Crippen LogP contribution in [0.4, 0.5) is 0 Å². The summed E-state index contributed by atoms with van der Waals surface area (Å²) in [6.45, 7) is 5.48. The third-order valence-electron chi connectivity index (χ3n) is 4.21. The number of benzene rings is 1. The SMILES string of the molecule is CC(Oc1ccccc1C#N)C(=O)NC1CC(O)C1(C)C. The number of carbonyl (C=O) groups is 1. The lowest BCUT2D eigenvalue weighted by atomic mass is 9.64. The summed E-state index contributed by atoms with van der Waals surface area (Å²) in [5, 5.41) is 21.6. The summed E-state index contributed by atoms with van der Waals surface area (Å²) >= 11 is 0. The lowest BCUT2D eigenvalue weighted by molar-refractivity contribution is -0.135. The Hall–Kier alpha value is -2.06. The fourth-order valence-corrected chi connectivity index (χ4v) is 2.34. The van der Waals surface area contributed by atoms with Crippen molar-refractivity contribution in [3.05, 3.63) is 29.8 Å². The van der Waals surface area contributed by atoms with E-state index in [4.69, 9.17) is 10.00 Å². The molecule has 21 heavy (non-hydrogen) atoms. The summed E-state index contributed by atoms with van der Waals surface area (Å²) in [7, 11) is 0. The molecule has 2 rings (SSSR count). The van der Waals surface area contributed by atoms with E-state index >= 15 is 0 Å². The standard InChI is InChI=1S/C16H20N2O3/c1-10(21-12-7-5-4-6-11(12)9-17)15(20)18-13-8-14(19)16(13,2)3/h4-7,10,13-14,19H,8H2,1-3H3,(H,18,20). The first-order valence-corrected chi connectivity index (χ1v) is 7.00. The van der Waals surface area contributed by atoms with Gasteiger partial charge in [0.25, 0.3) is 5.91 Å². The van der Waals surface area contributed by atoms with E-state index in [-0.39, 0.29) is 17.4 Å². The summed E-state index contributed by atoms with van der Waals surface area (Å²) in [5.74, 6) is 0.156. The maximum Gasteiger partial charge on any atom is 0.261 e. The first-order chi connectivity index (χ1) is 9.86. The molecule has 1 aliphatic carbocycles. The first kappa shape index (κ1) is 15.3. The van der Waals surface area contributed by atoms with Crippen LogP contribution in [-0.4, -0.2) is 29.3 Å². The van der Waals surface area contributed by atoms with Crippen molar-refractivity contribution in [3.8, 4) is 11.8 Å². The number of nitrogens with zero attached hydrogens (tertiary/aromatic N) is 1. The van der Waals surface area contributed by atoms with E-state index in [1.165, 1.54) is 0 Å². The number of hydrogen-bond donors (Lipinski definition) is 2. The Balaban J connectivity index is 1.96. The average molecular weight is 288 g/mol. The van der Waals surface area contributed by atoms with Crippen molar-refractivity contribution in [2.75, 3.05) is 0 Å². The summed E-state index contributed by atoms with van der Waals surface area (Å²) in [5.41, 5.74) is 0.0801. The minimum atomic E-state index is -0.701. The molecule has 0 heterocycles. The number of aliphatic hydroxyl groups is 1. The van der Waals surface area contributed by atoms with Crippen molar-refractivity contribution in [1.82, 2.24) is 5.32 Å². The number of nitrogens with one attached hydrogen (secondary N) is 1. The van der Waals surface area contributed by atoms with Gasteiger partial charge >= 0.3 is 0 Å². The molecule has 1 aliphatic rings. The number of aliphatic hydroxyl groups excluding tert-OH is 1. The second kappa shape index (κ2) is 5.74. The van der Waals surface area contributed by atoms with Crippen molar-refractivity contribution >= 4 is 5.91 Å². The molecule has 0 radical (unpaired) electrons. The molecule has 112 valence electrons. The van der Waals surface area contributed by atoms with Crippen molar-refractivity contribution in [2.45, 2.75) is 45.4 Å². The van der Waals surface area contributed by atoms with E-state index < -0.39 is 12.2 Å². The van der Waals surface area contributed by atoms with E-state index in [2.05, 4.69) is 5.32 Å². The van der Waals surface area contributed by atoms with Gasteiger partial charge in [-0.2, -0.15) is 5.26 Å². The van der Waals surface area contributed by atoms with E-state index in [0.717, 1.165) is 0 Å². The Morgan fingerprint density at radius 1 is 1.52 bits per heavy atom. The molecule has 1 aromatic rings. The normalized spacial score (nSPS) is 24.3. The molecule has 1 fully saturated rings. The lowest BCUT2D eigenvalue weighted by Crippen LogP contribution is -2.62. The maximum absolute atomic E-state index is 12.1. The molecule has 0 saturated heterocycles. The Morgan fingerprint density at radius 3 is 2.76 bits per heavy atom. The topological polar surface area (TPSA) is 82.3 Å². The highest BCUT2D eigenvalue weighted by atomic mass is 16.5. The number of nitriles is 1. The second-order valence-corrected chi connectivity index (χ2v) is 6.00. The monoisotopic (exact) mass is 288 g/mol. The van der Waals surface area contributed by atoms with Crippen LogP contribution < -0.4 is 10.1 Å². The van der Waals surface area contributed by atoms with Crippen LogP contribution in [0.15, 0.2) is 24.3 Å². The molecule has 1 aromatic carbocycles. The van der Waals surface area contributed by atoms with Crippen LogP contribution in [0.5, 0.6) is 5.75 Å². The van der Waals surface area contributed by atoms with Gasteiger partial charge in [0.1, 0.15) is 11.8 Å². The summed E-state index contributed by atoms with van der Waals surface area (Å²) in [4.78, 5) is 12.1. The van der Waals surface area contributed by atoms with Gasteiger partial charge in [-0.15, -0.1) is 0 Å². The van der Waals surface area contributed by atoms with Gasteiger partial charge in [0.15, 0.2) is 6.10 Å². The van der Waals surface area contributed by atoms with Crippen molar-refractivity contribution < 1.29 is 14.6 Å². The molecule has 2 N–H and O–H groups in total. The predicted octanol–water partition coefficient (Wildman–Crippen LogP) is 1.60. The Morgan fingerprint density at radius 2 is 2.19 bits per heavy atom. The Bertz CT molecular complexity index is 577. The molecule has 0 bridgehead atoms. The highest BCUT2D eigenvalue weighted by Gasteiger charge is 2.48. The molecule has 3 unspecified atom stereocenters. The number of para-hydroxylation sites is 1. The molecular weight excluding hydrogens is 268 g/mol. The van der Waals surface area contributed by atoms with Crippen LogP contribution in [0, 0.1) is 16.7 Å². The van der Waals surface area contributed by atoms with Crippen LogP contribution >= 0.6 is 0 Å². The summed E-state index contributed by atoms with van der Waals surface area (Å²) in [6, 6.07) is 8.78. The number of carbonyl (C=O) groups excluding carboxylic acids is 1. The number of ether oxygens (including phenoxy) is 1. The van der Waals surface area contributed by atoms with Crippen molar-refractivity contribution in [2.24, 2.45) is 5.41 Å². The third kappa shape index (κ3) is 3.01. The van der Waals surface area contributed by atoms with E-state index in [1.807, 2.05) is 19.9 Å². The molecule has 0 aliphatic heterocycles. The Labute approximate surface area is 124 Å². The molecule has 5 nitrogen and oxygen atoms in total. The molecule has 0 spiro atoms. The number of hydrogen-bond acceptors (Lipinski definition) is 4. The van der Waals surface area contributed by atoms with Gasteiger partial charge in [0.05, 0.1) is 11.7 Å². The van der Waals surface area contributed by atoms with Gasteiger partial charge in [-0.1, -0.05) is 26.0 Å². The van der Waals surface area contributed by atoms with Gasteiger partial charge in [-0.05, 0) is 25.5 Å². The highest BCUT2D eigenvalue weighted by Crippen LogP contribution is 2.40. The van der Waals surface area contributed by atoms with Crippen molar-refractivity contribution in [1.29, 1.82) is 5.26 Å². The third-order valence-corrected chi connectivity index (χ3v) is 4.21. The largest absolute Gasteiger partial charge is 0.480 e. The average Bonchev–Trinajstić information content (AvgIpc) is 2.47. The zero-order valence-electron chi connectivity index (χ0n) is 12.5. The van der Waals surface area contributed by atoms with Gasteiger partial charge in [-0.25, -0.2) is 0 Å². The smallest absolute Gasteiger partial charge is 0.261 e. The zero-order chi connectivity index (χ0) is 15.6. The van der Waals surface area contributed by atoms with Crippen LogP contribution in [0.2, 0.25) is 0 Å². The number of rotatable bonds is 4. The fraction of sp³-hybridized carbons (Fsp3) is 0.500. The lowest BCUT2D eigenvalue weighted by Gasteiger charge is -2.49. The van der Waals surface area contributed by atoms with Crippen LogP contribution in [0.1, 0.15) is 32.8 Å².